The number of phenolic OH excluding ortho intramolecular Hbond substituents is 1. The molecule has 0 spiro atoms. The lowest BCUT2D eigenvalue weighted by Gasteiger charge is -2.26. The molecule has 0 saturated carbocycles. The molecule has 1 atom stereocenters. The first-order valence-electron chi connectivity index (χ1n) is 10.4. The van der Waals surface area contributed by atoms with Crippen LogP contribution in [-0.2, 0) is 26.0 Å². The number of phenols is 1. The van der Waals surface area contributed by atoms with Gasteiger partial charge in [-0.05, 0) is 5.56 Å². The second-order valence-corrected chi connectivity index (χ2v) is 9.34. The zero-order valence-electron chi connectivity index (χ0n) is 18.3. The Bertz CT molecular complexity index is 1580. The Labute approximate surface area is 205 Å². The summed E-state index contributed by atoms with van der Waals surface area (Å²) in [7, 11) is -6.31. The molecule has 1 unspecified atom stereocenters. The van der Waals surface area contributed by atoms with Crippen molar-refractivity contribution in [2.75, 3.05) is 6.79 Å². The van der Waals surface area contributed by atoms with E-state index in [4.69, 9.17) is 9.47 Å². The molecule has 0 saturated heterocycles. The lowest BCUT2D eigenvalue weighted by molar-refractivity contribution is -0.0500. The van der Waals surface area contributed by atoms with Gasteiger partial charge in [0.25, 0.3) is 11.8 Å². The van der Waals surface area contributed by atoms with Crippen molar-refractivity contribution in [2.24, 2.45) is 0 Å². The van der Waals surface area contributed by atoms with Gasteiger partial charge in [0.15, 0.2) is 17.3 Å². The first kappa shape index (κ1) is 24.3. The quantitative estimate of drug-likeness (QED) is 0.283. The lowest BCUT2D eigenvalue weighted by Crippen LogP contribution is -2.42. The van der Waals surface area contributed by atoms with Crippen LogP contribution in [0.25, 0.3) is 11.0 Å². The van der Waals surface area contributed by atoms with Crippen molar-refractivity contribution in [3.05, 3.63) is 71.4 Å². The number of rotatable bonds is 6. The van der Waals surface area contributed by atoms with Crippen LogP contribution in [0.3, 0.4) is 0 Å². The predicted octanol–water partition coefficient (Wildman–Crippen LogP) is 2.62. The zero-order valence-corrected chi connectivity index (χ0v) is 19.1. The summed E-state index contributed by atoms with van der Waals surface area (Å²) >= 11 is 0. The van der Waals surface area contributed by atoms with Gasteiger partial charge in [-0.25, -0.2) is 9.97 Å². The van der Waals surface area contributed by atoms with Crippen LogP contribution in [0.2, 0.25) is 0 Å². The number of aromatic hydroxyl groups is 1. The minimum absolute atomic E-state index is 0.00464. The van der Waals surface area contributed by atoms with Crippen LogP contribution in [0.5, 0.6) is 11.5 Å². The van der Waals surface area contributed by atoms with Crippen LogP contribution in [-0.4, -0.2) is 58.5 Å². The van der Waals surface area contributed by atoms with Gasteiger partial charge in [-0.3, -0.25) is 14.5 Å². The second-order valence-electron chi connectivity index (χ2n) is 7.80. The maximum Gasteiger partial charge on any atom is 0.534 e. The van der Waals surface area contributed by atoms with E-state index in [1.54, 1.807) is 30.3 Å². The Morgan fingerprint density at radius 2 is 1.70 bits per heavy atom. The van der Waals surface area contributed by atoms with E-state index in [0.717, 1.165) is 12.4 Å². The van der Waals surface area contributed by atoms with E-state index >= 15 is 0 Å². The van der Waals surface area contributed by atoms with Crippen molar-refractivity contribution in [1.29, 1.82) is 0 Å². The van der Waals surface area contributed by atoms with Crippen molar-refractivity contribution in [2.45, 2.75) is 18.0 Å². The fourth-order valence-corrected chi connectivity index (χ4v) is 4.47. The van der Waals surface area contributed by atoms with E-state index in [1.807, 2.05) is 0 Å². The number of carbonyl (C=O) groups excluding carboxylic acids is 2. The molecule has 1 N–H and O–H groups in total. The summed E-state index contributed by atoms with van der Waals surface area (Å²) in [6, 6.07) is 7.38. The highest BCUT2D eigenvalue weighted by molar-refractivity contribution is 7.88. The number of halogens is 3. The molecule has 0 radical (unpaired) electrons. The van der Waals surface area contributed by atoms with Crippen molar-refractivity contribution < 1.29 is 49.9 Å². The summed E-state index contributed by atoms with van der Waals surface area (Å²) in [4.78, 5) is 35.3. The Balaban J connectivity index is 1.70. The minimum Gasteiger partial charge on any atom is -0.505 e. The summed E-state index contributed by atoms with van der Waals surface area (Å²) in [5, 5.41) is 10.8. The zero-order chi connectivity index (χ0) is 26.5. The highest BCUT2D eigenvalue weighted by Crippen LogP contribution is 2.45. The van der Waals surface area contributed by atoms with Gasteiger partial charge in [0.05, 0.1) is 0 Å². The summed E-state index contributed by atoms with van der Waals surface area (Å²) in [6.45, 7) is -0.217. The van der Waals surface area contributed by atoms with Crippen LogP contribution in [0.15, 0.2) is 54.7 Å². The maximum absolute atomic E-state index is 13.6. The van der Waals surface area contributed by atoms with Gasteiger partial charge in [0.2, 0.25) is 6.79 Å². The van der Waals surface area contributed by atoms with Crippen molar-refractivity contribution in [3.8, 4) is 11.5 Å². The molecule has 2 amide bonds. The molecule has 192 valence electrons. The maximum atomic E-state index is 13.6. The number of ether oxygens (including phenoxy) is 2. The number of carbonyl (C=O) groups is 2. The molecule has 2 aromatic carbocycles. The third-order valence-electron chi connectivity index (χ3n) is 5.60. The largest absolute Gasteiger partial charge is 0.534 e. The first-order chi connectivity index (χ1) is 17.5. The number of fused-ring (bicyclic) bond motifs is 2. The van der Waals surface area contributed by atoms with E-state index in [-0.39, 0.29) is 19.0 Å². The third-order valence-corrected chi connectivity index (χ3v) is 6.55. The molecule has 1 aromatic heterocycles. The number of benzene rings is 2. The molecule has 0 bridgehead atoms. The monoisotopic (exact) mass is 537 g/mol. The number of hydrogen-bond donors (Lipinski definition) is 1. The normalized spacial score (nSPS) is 16.3. The summed E-state index contributed by atoms with van der Waals surface area (Å²) in [5.74, 6) is -4.41. The van der Waals surface area contributed by atoms with E-state index in [1.165, 1.54) is 6.26 Å². The Kier molecular flexibility index (Phi) is 5.66. The van der Waals surface area contributed by atoms with Gasteiger partial charge in [0, 0.05) is 18.8 Å². The highest BCUT2D eigenvalue weighted by atomic mass is 32.2. The fourth-order valence-electron chi connectivity index (χ4n) is 4.00. The Morgan fingerprint density at radius 3 is 2.32 bits per heavy atom. The highest BCUT2D eigenvalue weighted by Gasteiger charge is 2.52. The van der Waals surface area contributed by atoms with Gasteiger partial charge >= 0.3 is 15.6 Å². The van der Waals surface area contributed by atoms with E-state index < -0.39 is 67.1 Å². The van der Waals surface area contributed by atoms with Gasteiger partial charge < -0.3 is 18.8 Å². The average Bonchev–Trinajstić information content (AvgIpc) is 3.47. The van der Waals surface area contributed by atoms with E-state index in [2.05, 4.69) is 14.2 Å². The van der Waals surface area contributed by atoms with Gasteiger partial charge in [-0.15, -0.1) is 0 Å². The smallest absolute Gasteiger partial charge is 0.505 e. The van der Waals surface area contributed by atoms with Gasteiger partial charge in [-0.1, -0.05) is 30.3 Å². The number of imide groups is 1. The lowest BCUT2D eigenvalue weighted by atomic mass is 10.0. The van der Waals surface area contributed by atoms with Crippen LogP contribution in [0, 0.1) is 0 Å². The first-order valence-corrected chi connectivity index (χ1v) is 11.8. The Morgan fingerprint density at radius 1 is 1.05 bits per heavy atom. The molecule has 2 aliphatic rings. The third kappa shape index (κ3) is 3.96. The standard InChI is InChI=1S/C22H14F3N3O8S/c23-22(24,25)37(32,33)36-19-15-14(18(29)16-17(19)27-7-6-26-16)20(30)28(21(15)31)12(13-9-34-10-35-13)8-11-4-2-1-3-5-11/h1-7,9,12,29H,8,10H2. The van der Waals surface area contributed by atoms with Crippen LogP contribution < -0.4 is 4.18 Å². The molecule has 15 heteroatoms. The van der Waals surface area contributed by atoms with Crippen LogP contribution in [0.1, 0.15) is 26.3 Å². The molecule has 3 aromatic rings. The molecule has 3 heterocycles. The number of aromatic nitrogens is 2. The molecule has 2 aliphatic heterocycles. The summed E-state index contributed by atoms with van der Waals surface area (Å²) in [5.41, 5.74) is -8.14. The summed E-state index contributed by atoms with van der Waals surface area (Å²) in [6.07, 6.45) is 3.19. The molecule has 0 fully saturated rings. The van der Waals surface area contributed by atoms with Crippen molar-refractivity contribution in [1.82, 2.24) is 14.9 Å². The summed E-state index contributed by atoms with van der Waals surface area (Å²) < 4.78 is 78.1. The predicted molar refractivity (Wildman–Crippen MR) is 116 cm³/mol. The second kappa shape index (κ2) is 8.62. The van der Waals surface area contributed by atoms with Crippen molar-refractivity contribution in [3.63, 3.8) is 0 Å². The average molecular weight is 537 g/mol. The van der Waals surface area contributed by atoms with Gasteiger partial charge in [-0.2, -0.15) is 21.6 Å². The molecule has 0 aliphatic carbocycles. The SMILES string of the molecule is O=C1c2c(c(OS(=O)(=O)C(F)(F)F)c3nccnc3c2O)C(=O)N1C(Cc1ccccc1)C1=COCO1. The molecule has 5 rings (SSSR count). The van der Waals surface area contributed by atoms with Gasteiger partial charge in [0.1, 0.15) is 34.5 Å². The number of amides is 2. The van der Waals surface area contributed by atoms with Crippen molar-refractivity contribution >= 4 is 33.0 Å². The minimum atomic E-state index is -6.31. The molecule has 11 nitrogen and oxygen atoms in total. The number of nitrogens with zero attached hydrogens (tertiary/aromatic N) is 3. The fraction of sp³-hybridized carbons (Fsp3) is 0.182. The van der Waals surface area contributed by atoms with Crippen LogP contribution in [0.4, 0.5) is 13.2 Å². The Hall–Kier alpha value is -4.40. The molecular formula is C22H14F3N3O8S. The number of hydrogen-bond acceptors (Lipinski definition) is 10. The number of alkyl halides is 3. The van der Waals surface area contributed by atoms with Crippen LogP contribution >= 0.6 is 0 Å². The van der Waals surface area contributed by atoms with E-state index in [9.17, 15) is 36.3 Å². The molecule has 37 heavy (non-hydrogen) atoms. The topological polar surface area (TPSA) is 145 Å². The van der Waals surface area contributed by atoms with E-state index in [0.29, 0.717) is 10.5 Å². The molecular weight excluding hydrogens is 523 g/mol.